The quantitative estimate of drug-likeness (QED) is 0.580. The van der Waals surface area contributed by atoms with Crippen LogP contribution in [0, 0.1) is 5.41 Å². The zero-order chi connectivity index (χ0) is 17.5. The summed E-state index contributed by atoms with van der Waals surface area (Å²) in [7, 11) is 3.69. The number of aliphatic imine (C=N–C) groups is 2. The second kappa shape index (κ2) is 8.36. The monoisotopic (exact) mass is 314 g/mol. The van der Waals surface area contributed by atoms with Crippen LogP contribution in [0.4, 0.5) is 0 Å². The van der Waals surface area contributed by atoms with Crippen molar-refractivity contribution >= 4 is 24.0 Å². The van der Waals surface area contributed by atoms with E-state index in [1.807, 2.05) is 31.2 Å². The van der Waals surface area contributed by atoms with Crippen LogP contribution in [0.25, 0.3) is 0 Å². The summed E-state index contributed by atoms with van der Waals surface area (Å²) in [5.74, 6) is -0.00862. The van der Waals surface area contributed by atoms with Crippen LogP contribution in [0.15, 0.2) is 45.4 Å². The van der Waals surface area contributed by atoms with Gasteiger partial charge in [-0.1, -0.05) is 0 Å². The third-order valence-corrected chi connectivity index (χ3v) is 3.66. The van der Waals surface area contributed by atoms with E-state index in [-0.39, 0.29) is 5.78 Å². The molecule has 1 atom stereocenters. The molecule has 0 radical (unpaired) electrons. The SMILES string of the molecule is CCN(C)C=NC(C)(/C=C1\C=C(C(C)=O)C=CC1=N)CC=NC. The summed E-state index contributed by atoms with van der Waals surface area (Å²) in [5, 5.41) is 8.08. The Morgan fingerprint density at radius 2 is 2.13 bits per heavy atom. The van der Waals surface area contributed by atoms with Crippen LogP contribution in [-0.2, 0) is 4.79 Å². The van der Waals surface area contributed by atoms with Gasteiger partial charge in [0.2, 0.25) is 0 Å². The third-order valence-electron chi connectivity index (χ3n) is 3.66. The minimum absolute atomic E-state index is 0.00862. The van der Waals surface area contributed by atoms with Crippen molar-refractivity contribution in [3.63, 3.8) is 0 Å². The number of hydrogen-bond acceptors (Lipinski definition) is 4. The predicted octanol–water partition coefficient (Wildman–Crippen LogP) is 2.85. The fourth-order valence-electron chi connectivity index (χ4n) is 1.97. The molecule has 124 valence electrons. The number of allylic oxidation sites excluding steroid dienone is 5. The Balaban J connectivity index is 3.21. The van der Waals surface area contributed by atoms with Crippen molar-refractivity contribution in [1.29, 1.82) is 5.41 Å². The smallest absolute Gasteiger partial charge is 0.159 e. The summed E-state index contributed by atoms with van der Waals surface area (Å²) in [4.78, 5) is 22.3. The van der Waals surface area contributed by atoms with Gasteiger partial charge < -0.3 is 15.3 Å². The lowest BCUT2D eigenvalue weighted by atomic mass is 9.90. The first-order valence-corrected chi connectivity index (χ1v) is 7.70. The molecule has 0 bridgehead atoms. The van der Waals surface area contributed by atoms with Crippen LogP contribution in [0.5, 0.6) is 0 Å². The molecule has 0 aromatic rings. The standard InChI is InChI=1S/C18H26N4O/c1-6-22(5)13-21-18(3,9-10-20-4)12-16-11-15(14(2)23)7-8-17(16)19/h7-8,10-13,19H,6,9H2,1-5H3/b16-12+,19-17?,20-10?,21-13?. The molecule has 0 fully saturated rings. The molecule has 1 unspecified atom stereocenters. The number of rotatable bonds is 7. The Bertz CT molecular complexity index is 611. The van der Waals surface area contributed by atoms with E-state index in [1.54, 1.807) is 31.6 Å². The third kappa shape index (κ3) is 5.77. The lowest BCUT2D eigenvalue weighted by Gasteiger charge is -2.23. The van der Waals surface area contributed by atoms with Gasteiger partial charge in [-0.15, -0.1) is 0 Å². The summed E-state index contributed by atoms with van der Waals surface area (Å²) in [6.07, 6.45) is 11.3. The Hall–Kier alpha value is -2.30. The second-order valence-electron chi connectivity index (χ2n) is 5.82. The molecule has 1 aliphatic rings. The Morgan fingerprint density at radius 1 is 1.43 bits per heavy atom. The van der Waals surface area contributed by atoms with Crippen LogP contribution in [0.3, 0.4) is 0 Å². The molecule has 0 saturated carbocycles. The number of ketones is 1. The maximum atomic E-state index is 11.6. The summed E-state index contributed by atoms with van der Waals surface area (Å²) < 4.78 is 0. The highest BCUT2D eigenvalue weighted by molar-refractivity contribution is 6.13. The molecule has 0 spiro atoms. The maximum absolute atomic E-state index is 11.6. The van der Waals surface area contributed by atoms with Crippen LogP contribution in [0.1, 0.15) is 27.2 Å². The highest BCUT2D eigenvalue weighted by Gasteiger charge is 2.21. The largest absolute Gasteiger partial charge is 0.366 e. The predicted molar refractivity (Wildman–Crippen MR) is 97.9 cm³/mol. The molecule has 0 amide bonds. The molecular formula is C18H26N4O. The van der Waals surface area contributed by atoms with Gasteiger partial charge in [-0.05, 0) is 50.6 Å². The minimum Gasteiger partial charge on any atom is -0.366 e. The van der Waals surface area contributed by atoms with Crippen molar-refractivity contribution in [1.82, 2.24) is 4.90 Å². The topological polar surface area (TPSA) is 68.9 Å². The summed E-state index contributed by atoms with van der Waals surface area (Å²) in [6.45, 7) is 6.44. The van der Waals surface area contributed by atoms with E-state index in [9.17, 15) is 4.79 Å². The van der Waals surface area contributed by atoms with Gasteiger partial charge >= 0.3 is 0 Å². The number of hydrogen-bond donors (Lipinski definition) is 1. The highest BCUT2D eigenvalue weighted by atomic mass is 16.1. The highest BCUT2D eigenvalue weighted by Crippen LogP contribution is 2.23. The zero-order valence-electron chi connectivity index (χ0n) is 14.6. The Morgan fingerprint density at radius 3 is 2.70 bits per heavy atom. The molecule has 1 aliphatic carbocycles. The maximum Gasteiger partial charge on any atom is 0.159 e. The van der Waals surface area contributed by atoms with Gasteiger partial charge in [-0.25, -0.2) is 0 Å². The molecule has 0 aromatic carbocycles. The van der Waals surface area contributed by atoms with E-state index < -0.39 is 5.54 Å². The first kappa shape index (κ1) is 18.7. The van der Waals surface area contributed by atoms with E-state index in [0.29, 0.717) is 23.3 Å². The van der Waals surface area contributed by atoms with Crippen molar-refractivity contribution < 1.29 is 4.79 Å². The number of Topliss-reactive ketones (excluding diaryl/α,β-unsaturated/α-hetero) is 1. The first-order chi connectivity index (χ1) is 10.8. The van der Waals surface area contributed by atoms with E-state index in [2.05, 4.69) is 16.9 Å². The fourth-order valence-corrected chi connectivity index (χ4v) is 1.97. The normalized spacial score (nSPS) is 19.4. The van der Waals surface area contributed by atoms with Crippen LogP contribution in [-0.4, -0.2) is 55.1 Å². The molecule has 0 aromatic heterocycles. The van der Waals surface area contributed by atoms with Crippen LogP contribution < -0.4 is 0 Å². The lowest BCUT2D eigenvalue weighted by molar-refractivity contribution is -0.113. The van der Waals surface area contributed by atoms with Gasteiger partial charge in [0.05, 0.1) is 17.6 Å². The molecule has 5 heteroatoms. The summed E-state index contributed by atoms with van der Waals surface area (Å²) in [6, 6.07) is 0. The Kier molecular flexibility index (Phi) is 6.82. The lowest BCUT2D eigenvalue weighted by Crippen LogP contribution is -2.25. The van der Waals surface area contributed by atoms with Crippen molar-refractivity contribution in [3.8, 4) is 0 Å². The second-order valence-corrected chi connectivity index (χ2v) is 5.82. The number of carbonyl (C=O) groups is 1. The molecule has 0 saturated heterocycles. The van der Waals surface area contributed by atoms with Gasteiger partial charge in [0.15, 0.2) is 5.78 Å². The summed E-state index contributed by atoms with van der Waals surface area (Å²) >= 11 is 0. The van der Waals surface area contributed by atoms with Gasteiger partial charge in [-0.3, -0.25) is 9.79 Å². The van der Waals surface area contributed by atoms with Gasteiger partial charge in [0.25, 0.3) is 0 Å². The number of nitrogens with zero attached hydrogens (tertiary/aromatic N) is 3. The molecular weight excluding hydrogens is 288 g/mol. The number of carbonyl (C=O) groups excluding carboxylic acids is 1. The molecule has 23 heavy (non-hydrogen) atoms. The van der Waals surface area contributed by atoms with E-state index in [0.717, 1.165) is 6.54 Å². The first-order valence-electron chi connectivity index (χ1n) is 7.70. The molecule has 5 nitrogen and oxygen atoms in total. The van der Waals surface area contributed by atoms with Gasteiger partial charge in [-0.2, -0.15) is 0 Å². The van der Waals surface area contributed by atoms with Crippen molar-refractivity contribution in [2.75, 3.05) is 20.6 Å². The minimum atomic E-state index is -0.520. The van der Waals surface area contributed by atoms with E-state index in [1.165, 1.54) is 6.92 Å². The van der Waals surface area contributed by atoms with Crippen LogP contribution >= 0.6 is 0 Å². The van der Waals surface area contributed by atoms with Crippen molar-refractivity contribution in [2.24, 2.45) is 9.98 Å². The van der Waals surface area contributed by atoms with Crippen molar-refractivity contribution in [3.05, 3.63) is 35.5 Å². The summed E-state index contributed by atoms with van der Waals surface area (Å²) in [5.41, 5.74) is 1.18. The molecule has 0 heterocycles. The van der Waals surface area contributed by atoms with E-state index in [4.69, 9.17) is 5.41 Å². The molecule has 1 N–H and O–H groups in total. The van der Waals surface area contributed by atoms with Gasteiger partial charge in [0.1, 0.15) is 0 Å². The molecule has 0 aliphatic heterocycles. The van der Waals surface area contributed by atoms with Crippen molar-refractivity contribution in [2.45, 2.75) is 32.7 Å². The fraction of sp³-hybridized carbons (Fsp3) is 0.444. The average molecular weight is 314 g/mol. The van der Waals surface area contributed by atoms with Gasteiger partial charge in [0, 0.05) is 38.8 Å². The van der Waals surface area contributed by atoms with E-state index >= 15 is 0 Å². The number of nitrogens with one attached hydrogen (secondary N) is 1. The van der Waals surface area contributed by atoms with Crippen LogP contribution in [0.2, 0.25) is 0 Å². The zero-order valence-corrected chi connectivity index (χ0v) is 14.6. The average Bonchev–Trinajstić information content (AvgIpc) is 2.52. The Labute approximate surface area is 138 Å². The molecule has 1 rings (SSSR count).